The number of oxime groups is 1. The third-order valence-electron chi connectivity index (χ3n) is 9.04. The summed E-state index contributed by atoms with van der Waals surface area (Å²) in [6, 6.07) is 0. The molecule has 0 aromatic carbocycles. The molecule has 3 saturated carbocycles. The van der Waals surface area contributed by atoms with E-state index in [0.717, 1.165) is 31.4 Å². The van der Waals surface area contributed by atoms with Gasteiger partial charge in [-0.25, -0.2) is 4.79 Å². The summed E-state index contributed by atoms with van der Waals surface area (Å²) < 4.78 is 0. The number of ketones is 1. The van der Waals surface area contributed by atoms with E-state index >= 15 is 0 Å². The summed E-state index contributed by atoms with van der Waals surface area (Å²) in [5, 5.41) is 44.8. The largest absolute Gasteiger partial charge is 0.479 e. The van der Waals surface area contributed by atoms with Gasteiger partial charge in [0.25, 0.3) is 0 Å². The number of carbonyl (C=O) groups is 2. The zero-order valence-corrected chi connectivity index (χ0v) is 18.2. The van der Waals surface area contributed by atoms with E-state index < -0.39 is 42.1 Å². The zero-order chi connectivity index (χ0) is 22.6. The highest BCUT2D eigenvalue weighted by Crippen LogP contribution is 2.67. The van der Waals surface area contributed by atoms with E-state index in [-0.39, 0.29) is 23.2 Å². The molecule has 8 heteroatoms. The summed E-state index contributed by atoms with van der Waals surface area (Å²) in [6.45, 7) is 2.95. The summed E-state index contributed by atoms with van der Waals surface area (Å²) in [7, 11) is 0. The Morgan fingerprint density at radius 1 is 1.23 bits per heavy atom. The minimum atomic E-state index is -1.58. The van der Waals surface area contributed by atoms with Gasteiger partial charge in [0.1, 0.15) is 12.2 Å². The van der Waals surface area contributed by atoms with Crippen LogP contribution in [-0.4, -0.2) is 62.8 Å². The van der Waals surface area contributed by atoms with E-state index in [9.17, 15) is 24.9 Å². The Labute approximate surface area is 182 Å². The topological polar surface area (TPSA) is 137 Å². The number of carboxylic acids is 1. The minimum Gasteiger partial charge on any atom is -0.479 e. The van der Waals surface area contributed by atoms with Gasteiger partial charge >= 0.3 is 5.97 Å². The fraction of sp³-hybridized carbons (Fsp3) is 0.783. The number of hydrogen-bond donors (Lipinski definition) is 4. The van der Waals surface area contributed by atoms with Gasteiger partial charge in [-0.1, -0.05) is 24.6 Å². The molecule has 3 fully saturated rings. The molecular formula is C23H33NO7. The molecule has 0 aliphatic heterocycles. The van der Waals surface area contributed by atoms with Gasteiger partial charge in [-0.15, -0.1) is 0 Å². The SMILES string of the molecule is C[C@]12CC/C(=N/OCC(=O)O)C=C1CC[C@@H]1[C@@H]2[C@@H](O)C[C@@]2(C)[C@H]1CC[C@]2(O)C(=O)CO. The summed E-state index contributed by atoms with van der Waals surface area (Å²) in [6.07, 6.45) is 5.86. The predicted molar refractivity (Wildman–Crippen MR) is 111 cm³/mol. The monoisotopic (exact) mass is 435 g/mol. The maximum atomic E-state index is 12.5. The van der Waals surface area contributed by atoms with E-state index in [0.29, 0.717) is 19.3 Å². The van der Waals surface area contributed by atoms with Crippen LogP contribution in [0, 0.1) is 28.6 Å². The molecule has 4 aliphatic rings. The van der Waals surface area contributed by atoms with E-state index in [4.69, 9.17) is 9.94 Å². The molecule has 0 radical (unpaired) electrons. The lowest BCUT2D eigenvalue weighted by molar-refractivity contribution is -0.181. The molecule has 0 saturated heterocycles. The van der Waals surface area contributed by atoms with Crippen LogP contribution >= 0.6 is 0 Å². The molecule has 4 N–H and O–H groups in total. The maximum Gasteiger partial charge on any atom is 0.344 e. The third kappa shape index (κ3) is 3.26. The Bertz CT molecular complexity index is 838. The van der Waals surface area contributed by atoms with Crippen molar-refractivity contribution in [3.63, 3.8) is 0 Å². The Kier molecular flexibility index (Phi) is 5.55. The smallest absolute Gasteiger partial charge is 0.344 e. The van der Waals surface area contributed by atoms with Crippen molar-refractivity contribution in [3.05, 3.63) is 11.6 Å². The molecule has 0 spiro atoms. The fourth-order valence-electron chi connectivity index (χ4n) is 7.54. The van der Waals surface area contributed by atoms with E-state index in [1.807, 2.05) is 13.0 Å². The molecule has 0 amide bonds. The highest BCUT2D eigenvalue weighted by atomic mass is 16.6. The van der Waals surface area contributed by atoms with Crippen LogP contribution in [0.15, 0.2) is 16.8 Å². The van der Waals surface area contributed by atoms with Gasteiger partial charge < -0.3 is 25.3 Å². The number of allylic oxidation sites excluding steroid dienone is 2. The van der Waals surface area contributed by atoms with Crippen molar-refractivity contribution in [1.82, 2.24) is 0 Å². The van der Waals surface area contributed by atoms with Crippen molar-refractivity contribution in [2.24, 2.45) is 33.7 Å². The van der Waals surface area contributed by atoms with Gasteiger partial charge in [0.05, 0.1) is 11.8 Å². The average molecular weight is 436 g/mol. The zero-order valence-electron chi connectivity index (χ0n) is 18.2. The van der Waals surface area contributed by atoms with Gasteiger partial charge in [0, 0.05) is 5.41 Å². The number of carbonyl (C=O) groups excluding carboxylic acids is 1. The molecule has 0 aromatic rings. The van der Waals surface area contributed by atoms with Crippen LogP contribution < -0.4 is 0 Å². The first-order chi connectivity index (χ1) is 14.6. The lowest BCUT2D eigenvalue weighted by atomic mass is 9.45. The van der Waals surface area contributed by atoms with Crippen LogP contribution in [0.3, 0.4) is 0 Å². The quantitative estimate of drug-likeness (QED) is 0.482. The second-order valence-corrected chi connectivity index (χ2v) is 10.3. The Morgan fingerprint density at radius 2 is 1.97 bits per heavy atom. The molecule has 0 aromatic heterocycles. The van der Waals surface area contributed by atoms with Crippen molar-refractivity contribution in [1.29, 1.82) is 0 Å². The number of rotatable bonds is 5. The summed E-state index contributed by atoms with van der Waals surface area (Å²) in [4.78, 5) is 28.0. The molecule has 4 aliphatic carbocycles. The number of aliphatic carboxylic acids is 1. The van der Waals surface area contributed by atoms with Crippen LogP contribution in [0.5, 0.6) is 0 Å². The van der Waals surface area contributed by atoms with Gasteiger partial charge in [-0.3, -0.25) is 4.79 Å². The third-order valence-corrected chi connectivity index (χ3v) is 9.04. The molecule has 0 bridgehead atoms. The van der Waals surface area contributed by atoms with Crippen molar-refractivity contribution in [2.75, 3.05) is 13.2 Å². The highest BCUT2D eigenvalue weighted by molar-refractivity contribution is 5.96. The normalized spacial score (nSPS) is 45.3. The minimum absolute atomic E-state index is 0.0265. The summed E-state index contributed by atoms with van der Waals surface area (Å²) in [5.41, 5.74) is -0.594. The van der Waals surface area contributed by atoms with Gasteiger partial charge in [-0.2, -0.15) is 0 Å². The average Bonchev–Trinajstić information content (AvgIpc) is 2.98. The van der Waals surface area contributed by atoms with Crippen LogP contribution in [0.4, 0.5) is 0 Å². The second-order valence-electron chi connectivity index (χ2n) is 10.3. The first-order valence-electron chi connectivity index (χ1n) is 11.2. The van der Waals surface area contributed by atoms with E-state index in [1.54, 1.807) is 0 Å². The number of carboxylic acid groups (broad SMARTS) is 1. The second kappa shape index (κ2) is 7.67. The van der Waals surface area contributed by atoms with Crippen LogP contribution in [0.25, 0.3) is 0 Å². The number of hydrogen-bond acceptors (Lipinski definition) is 7. The lowest BCUT2D eigenvalue weighted by Gasteiger charge is -2.60. The molecule has 4 rings (SSSR count). The molecule has 172 valence electrons. The molecular weight excluding hydrogens is 402 g/mol. The number of fused-ring (bicyclic) bond motifs is 5. The summed E-state index contributed by atoms with van der Waals surface area (Å²) in [5.74, 6) is -1.26. The van der Waals surface area contributed by atoms with Gasteiger partial charge in [0.2, 0.25) is 6.61 Å². The molecule has 7 atom stereocenters. The Hall–Kier alpha value is -1.77. The number of nitrogens with zero attached hydrogens (tertiary/aromatic N) is 1. The van der Waals surface area contributed by atoms with E-state index in [1.165, 1.54) is 5.57 Å². The maximum absolute atomic E-state index is 12.5. The number of aliphatic hydroxyl groups is 3. The fourth-order valence-corrected chi connectivity index (χ4v) is 7.54. The molecule has 0 heterocycles. The van der Waals surface area contributed by atoms with E-state index in [2.05, 4.69) is 12.1 Å². The van der Waals surface area contributed by atoms with Crippen LogP contribution in [0.2, 0.25) is 0 Å². The molecule has 8 nitrogen and oxygen atoms in total. The first-order valence-corrected chi connectivity index (χ1v) is 11.2. The Balaban J connectivity index is 1.62. The van der Waals surface area contributed by atoms with Crippen molar-refractivity contribution in [3.8, 4) is 0 Å². The van der Waals surface area contributed by atoms with Crippen LogP contribution in [-0.2, 0) is 14.4 Å². The summed E-state index contributed by atoms with van der Waals surface area (Å²) >= 11 is 0. The molecule has 0 unspecified atom stereocenters. The highest BCUT2D eigenvalue weighted by Gasteiger charge is 2.68. The predicted octanol–water partition coefficient (Wildman–Crippen LogP) is 1.67. The van der Waals surface area contributed by atoms with Gasteiger partial charge in [0.15, 0.2) is 5.78 Å². The lowest BCUT2D eigenvalue weighted by Crippen LogP contribution is -2.62. The first kappa shape index (κ1) is 22.4. The van der Waals surface area contributed by atoms with Crippen molar-refractivity contribution in [2.45, 2.75) is 70.5 Å². The van der Waals surface area contributed by atoms with Gasteiger partial charge in [-0.05, 0) is 74.2 Å². The number of aliphatic hydroxyl groups excluding tert-OH is 2. The standard InChI is InChI=1S/C23H33NO7/c1-21-7-5-14(24-31-12-19(28)29)9-13(21)3-4-15-16-6-8-23(30,18(27)11-25)22(16,2)10-17(26)20(15)21/h9,15-17,20,25-26,30H,3-8,10-12H2,1-2H3,(H,28,29)/b24-14-/t15-,16-,17-,20+,21-,22-,23-/m0/s1. The number of Topliss-reactive ketones (excluding diaryl/α,β-unsaturated/α-hetero) is 1. The molecule has 31 heavy (non-hydrogen) atoms. The van der Waals surface area contributed by atoms with Crippen LogP contribution in [0.1, 0.15) is 58.8 Å². The van der Waals surface area contributed by atoms with Crippen molar-refractivity contribution >= 4 is 17.5 Å². The van der Waals surface area contributed by atoms with Crippen molar-refractivity contribution < 1.29 is 34.9 Å². The Morgan fingerprint density at radius 3 is 2.65 bits per heavy atom.